The summed E-state index contributed by atoms with van der Waals surface area (Å²) < 4.78 is 40.5. The van der Waals surface area contributed by atoms with E-state index in [2.05, 4.69) is 6.92 Å². The first-order valence-electron chi connectivity index (χ1n) is 9.32. The molecule has 0 radical (unpaired) electrons. The molecule has 142 valence electrons. The Morgan fingerprint density at radius 1 is 0.889 bits per heavy atom. The average Bonchev–Trinajstić information content (AvgIpc) is 2.62. The zero-order valence-electron chi connectivity index (χ0n) is 16.3. The van der Waals surface area contributed by atoms with Crippen LogP contribution in [0.3, 0.4) is 0 Å². The Kier molecular flexibility index (Phi) is 11.3. The largest absolute Gasteiger partial charge is 1.00 e. The van der Waals surface area contributed by atoms with Crippen LogP contribution in [0.5, 0.6) is 11.5 Å². The molecule has 0 aliphatic carbocycles. The van der Waals surface area contributed by atoms with Crippen LogP contribution in [0.4, 0.5) is 0 Å². The summed E-state index contributed by atoms with van der Waals surface area (Å²) in [4.78, 5) is -0.290. The molecule has 0 heterocycles. The van der Waals surface area contributed by atoms with Gasteiger partial charge in [0.2, 0.25) is 0 Å². The Bertz CT molecular complexity index is 776. The van der Waals surface area contributed by atoms with E-state index in [4.69, 9.17) is 4.74 Å². The maximum atomic E-state index is 11.6. The number of benzene rings is 2. The molecular formula is C21H27NaO4S. The molecule has 0 unspecified atom stereocenters. The van der Waals surface area contributed by atoms with E-state index >= 15 is 0 Å². The maximum Gasteiger partial charge on any atom is 1.00 e. The minimum absolute atomic E-state index is 0. The molecule has 0 aromatic heterocycles. The molecule has 2 aromatic rings. The molecule has 27 heavy (non-hydrogen) atoms. The van der Waals surface area contributed by atoms with Crippen molar-refractivity contribution in [2.24, 2.45) is 0 Å². The topological polar surface area (TPSA) is 66.4 Å². The predicted octanol–water partition coefficient (Wildman–Crippen LogP) is 2.68. The normalized spacial score (nSPS) is 11.0. The van der Waals surface area contributed by atoms with Gasteiger partial charge in [-0.3, -0.25) is 0 Å². The van der Waals surface area contributed by atoms with Crippen LogP contribution in [-0.4, -0.2) is 13.0 Å². The van der Waals surface area contributed by atoms with Gasteiger partial charge in [-0.2, -0.15) is 0 Å². The van der Waals surface area contributed by atoms with E-state index in [0.717, 1.165) is 24.8 Å². The number of para-hydroxylation sites is 1. The van der Waals surface area contributed by atoms with Crippen LogP contribution >= 0.6 is 0 Å². The monoisotopic (exact) mass is 398 g/mol. The van der Waals surface area contributed by atoms with Crippen molar-refractivity contribution in [3.8, 4) is 11.5 Å². The fourth-order valence-corrected chi connectivity index (χ4v) is 3.54. The molecule has 0 aliphatic rings. The fraction of sp³-hybridized carbons (Fsp3) is 0.429. The number of ether oxygens (including phenoxy) is 1. The summed E-state index contributed by atoms with van der Waals surface area (Å²) in [6.07, 6.45) is 9.12. The first-order valence-corrected chi connectivity index (χ1v) is 10.7. The number of hydrogen-bond donors (Lipinski definition) is 0. The van der Waals surface area contributed by atoms with Crippen LogP contribution in [0.15, 0.2) is 53.4 Å². The van der Waals surface area contributed by atoms with Gasteiger partial charge in [-0.05, 0) is 42.7 Å². The molecule has 0 saturated carbocycles. The summed E-state index contributed by atoms with van der Waals surface area (Å²) in [5, 5.41) is 0. The van der Waals surface area contributed by atoms with Crippen LogP contribution in [-0.2, 0) is 16.5 Å². The van der Waals surface area contributed by atoms with E-state index in [1.807, 2.05) is 12.1 Å². The first kappa shape index (κ1) is 24.2. The molecule has 0 atom stereocenters. The van der Waals surface area contributed by atoms with Crippen LogP contribution in [0.25, 0.3) is 0 Å². The summed E-state index contributed by atoms with van der Waals surface area (Å²) in [5.74, 6) is 0.576. The van der Waals surface area contributed by atoms with Gasteiger partial charge in [-0.15, -0.1) is 0 Å². The number of unbranched alkanes of at least 4 members (excludes halogenated alkanes) is 6. The Labute approximate surface area is 185 Å². The maximum absolute atomic E-state index is 11.6. The molecule has 4 nitrogen and oxygen atoms in total. The van der Waals surface area contributed by atoms with Crippen LogP contribution in [0.1, 0.15) is 57.4 Å². The Balaban J connectivity index is 0.00000364. The number of aryl methyl sites for hydroxylation is 1. The van der Waals surface area contributed by atoms with E-state index in [1.165, 1.54) is 38.2 Å². The van der Waals surface area contributed by atoms with Crippen molar-refractivity contribution in [1.29, 1.82) is 0 Å². The van der Waals surface area contributed by atoms with E-state index < -0.39 is 10.1 Å². The second-order valence-electron chi connectivity index (χ2n) is 6.52. The summed E-state index contributed by atoms with van der Waals surface area (Å²) >= 11 is 0. The van der Waals surface area contributed by atoms with Crippen molar-refractivity contribution in [2.75, 3.05) is 0 Å². The zero-order valence-corrected chi connectivity index (χ0v) is 19.1. The summed E-state index contributed by atoms with van der Waals surface area (Å²) in [6, 6.07) is 13.7. The van der Waals surface area contributed by atoms with Gasteiger partial charge < -0.3 is 9.29 Å². The minimum Gasteiger partial charge on any atom is -0.744 e. The second kappa shape index (κ2) is 12.6. The van der Waals surface area contributed by atoms with E-state index in [1.54, 1.807) is 30.3 Å². The SMILES string of the molecule is CCCCCCCCCc1ccc(Oc2ccccc2)c(S(=O)(=O)[O-])c1.[Na+]. The predicted molar refractivity (Wildman–Crippen MR) is 103 cm³/mol. The average molecular weight is 399 g/mol. The Morgan fingerprint density at radius 3 is 2.15 bits per heavy atom. The fourth-order valence-electron chi connectivity index (χ4n) is 2.89. The smallest absolute Gasteiger partial charge is 0.744 e. The van der Waals surface area contributed by atoms with Gasteiger partial charge in [0.15, 0.2) is 0 Å². The molecule has 0 spiro atoms. The minimum atomic E-state index is -4.60. The van der Waals surface area contributed by atoms with Crippen molar-refractivity contribution >= 4 is 10.1 Å². The molecule has 2 aromatic carbocycles. The van der Waals surface area contributed by atoms with E-state index in [0.29, 0.717) is 5.75 Å². The van der Waals surface area contributed by atoms with Gasteiger partial charge in [0.05, 0.1) is 4.90 Å². The van der Waals surface area contributed by atoms with E-state index in [9.17, 15) is 13.0 Å². The molecule has 6 heteroatoms. The van der Waals surface area contributed by atoms with Gasteiger partial charge in [-0.1, -0.05) is 69.7 Å². The van der Waals surface area contributed by atoms with Gasteiger partial charge in [0.25, 0.3) is 0 Å². The van der Waals surface area contributed by atoms with Crippen LogP contribution < -0.4 is 34.3 Å². The first-order chi connectivity index (χ1) is 12.5. The van der Waals surface area contributed by atoms with Crippen LogP contribution in [0.2, 0.25) is 0 Å². The third-order valence-electron chi connectivity index (χ3n) is 4.32. The van der Waals surface area contributed by atoms with Gasteiger partial charge >= 0.3 is 29.6 Å². The standard InChI is InChI=1S/C21H28O4S.Na/c1-2-3-4-5-6-7-9-12-18-15-16-20(21(17-18)26(22,23)24)25-19-13-10-8-11-14-19;/h8,10-11,13-17H,2-7,9,12H2,1H3,(H,22,23,24);/q;+1/p-1. The number of rotatable bonds is 11. The molecule has 0 fully saturated rings. The van der Waals surface area contributed by atoms with Crippen molar-refractivity contribution in [3.05, 3.63) is 54.1 Å². The third-order valence-corrected chi connectivity index (χ3v) is 5.18. The van der Waals surface area contributed by atoms with Crippen molar-refractivity contribution in [1.82, 2.24) is 0 Å². The third kappa shape index (κ3) is 8.79. The molecule has 0 aliphatic heterocycles. The molecule has 0 saturated heterocycles. The number of hydrogen-bond acceptors (Lipinski definition) is 4. The second-order valence-corrected chi connectivity index (χ2v) is 7.87. The molecule has 0 bridgehead atoms. The van der Waals surface area contributed by atoms with Gasteiger partial charge in [0.1, 0.15) is 21.6 Å². The zero-order chi connectivity index (χ0) is 18.8. The molecule has 0 N–H and O–H groups in total. The van der Waals surface area contributed by atoms with Gasteiger partial charge in [-0.25, -0.2) is 8.42 Å². The van der Waals surface area contributed by atoms with E-state index in [-0.39, 0.29) is 40.2 Å². The summed E-state index contributed by atoms with van der Waals surface area (Å²) in [5.41, 5.74) is 0.855. The summed E-state index contributed by atoms with van der Waals surface area (Å²) in [6.45, 7) is 2.20. The quantitative estimate of drug-likeness (QED) is 0.332. The van der Waals surface area contributed by atoms with Crippen molar-refractivity contribution in [3.63, 3.8) is 0 Å². The Morgan fingerprint density at radius 2 is 1.52 bits per heavy atom. The Hall–Kier alpha value is -0.850. The molecule has 0 amide bonds. The van der Waals surface area contributed by atoms with Crippen molar-refractivity contribution in [2.45, 2.75) is 63.2 Å². The van der Waals surface area contributed by atoms with Crippen molar-refractivity contribution < 1.29 is 47.3 Å². The molecule has 2 rings (SSSR count). The van der Waals surface area contributed by atoms with Gasteiger partial charge in [0, 0.05) is 0 Å². The molecular weight excluding hydrogens is 371 g/mol. The summed E-state index contributed by atoms with van der Waals surface area (Å²) in [7, 11) is -4.60. The van der Waals surface area contributed by atoms with Crippen LogP contribution in [0, 0.1) is 0 Å².